The van der Waals surface area contributed by atoms with Crippen LogP contribution in [0.3, 0.4) is 0 Å². The standard InChI is InChI=1S/C11H17N5O2/c1-2-14-10-4-3-5-11(15-10)16(6-8(12)17)7-9(13)18/h3-5H,2,6-7H2,1H3,(H2,12,17)(H2,13,18)(H,14,15). The average Bonchev–Trinajstić information content (AvgIpc) is 2.28. The number of rotatable bonds is 7. The van der Waals surface area contributed by atoms with E-state index < -0.39 is 11.8 Å². The predicted octanol–water partition coefficient (Wildman–Crippen LogP) is -0.710. The van der Waals surface area contributed by atoms with Gasteiger partial charge < -0.3 is 21.7 Å². The Hall–Kier alpha value is -2.31. The molecule has 2 amide bonds. The van der Waals surface area contributed by atoms with Crippen LogP contribution < -0.4 is 21.7 Å². The maximum Gasteiger partial charge on any atom is 0.237 e. The van der Waals surface area contributed by atoms with Crippen LogP contribution in [0.4, 0.5) is 11.6 Å². The third-order valence-corrected chi connectivity index (χ3v) is 2.11. The predicted molar refractivity (Wildman–Crippen MR) is 69.0 cm³/mol. The monoisotopic (exact) mass is 251 g/mol. The fourth-order valence-electron chi connectivity index (χ4n) is 1.47. The topological polar surface area (TPSA) is 114 Å². The zero-order valence-electron chi connectivity index (χ0n) is 10.2. The summed E-state index contributed by atoms with van der Waals surface area (Å²) in [6.07, 6.45) is 0. The summed E-state index contributed by atoms with van der Waals surface area (Å²) in [4.78, 5) is 27.6. The number of nitrogens with two attached hydrogens (primary N) is 2. The Morgan fingerprint density at radius 1 is 1.28 bits per heavy atom. The van der Waals surface area contributed by atoms with E-state index in [9.17, 15) is 9.59 Å². The van der Waals surface area contributed by atoms with Gasteiger partial charge in [0.2, 0.25) is 11.8 Å². The highest BCUT2D eigenvalue weighted by atomic mass is 16.2. The van der Waals surface area contributed by atoms with Crippen LogP contribution in [0.15, 0.2) is 18.2 Å². The summed E-state index contributed by atoms with van der Waals surface area (Å²) in [6, 6.07) is 5.25. The molecule has 0 aromatic carbocycles. The van der Waals surface area contributed by atoms with Gasteiger partial charge in [0.15, 0.2) is 0 Å². The molecule has 0 aliphatic rings. The van der Waals surface area contributed by atoms with E-state index in [0.717, 1.165) is 6.54 Å². The lowest BCUT2D eigenvalue weighted by molar-refractivity contribution is -0.117. The van der Waals surface area contributed by atoms with Crippen LogP contribution in [0.25, 0.3) is 0 Å². The molecule has 7 nitrogen and oxygen atoms in total. The van der Waals surface area contributed by atoms with E-state index in [2.05, 4.69) is 10.3 Å². The van der Waals surface area contributed by atoms with Gasteiger partial charge in [-0.2, -0.15) is 0 Å². The minimum absolute atomic E-state index is 0.106. The van der Waals surface area contributed by atoms with Crippen molar-refractivity contribution in [3.63, 3.8) is 0 Å². The summed E-state index contributed by atoms with van der Waals surface area (Å²) in [7, 11) is 0. The zero-order valence-corrected chi connectivity index (χ0v) is 10.2. The molecule has 0 fully saturated rings. The number of carbonyl (C=O) groups is 2. The molecule has 0 unspecified atom stereocenters. The second-order valence-corrected chi connectivity index (χ2v) is 3.70. The van der Waals surface area contributed by atoms with Gasteiger partial charge in [-0.15, -0.1) is 0 Å². The Kier molecular flexibility index (Phi) is 4.91. The van der Waals surface area contributed by atoms with Crippen molar-refractivity contribution in [1.82, 2.24) is 4.98 Å². The van der Waals surface area contributed by atoms with E-state index in [4.69, 9.17) is 11.5 Å². The molecule has 18 heavy (non-hydrogen) atoms. The Morgan fingerprint density at radius 3 is 2.39 bits per heavy atom. The number of nitrogens with one attached hydrogen (secondary N) is 1. The number of carbonyl (C=O) groups excluding carboxylic acids is 2. The molecular formula is C11H17N5O2. The molecule has 0 spiro atoms. The fourth-order valence-corrected chi connectivity index (χ4v) is 1.47. The number of hydrogen-bond donors (Lipinski definition) is 3. The molecule has 0 bridgehead atoms. The number of primary amides is 2. The number of nitrogens with zero attached hydrogens (tertiary/aromatic N) is 2. The SMILES string of the molecule is CCNc1cccc(N(CC(N)=O)CC(N)=O)n1. The van der Waals surface area contributed by atoms with E-state index >= 15 is 0 Å². The third-order valence-electron chi connectivity index (χ3n) is 2.11. The van der Waals surface area contributed by atoms with Crippen molar-refractivity contribution in [2.24, 2.45) is 11.5 Å². The van der Waals surface area contributed by atoms with Crippen molar-refractivity contribution in [2.75, 3.05) is 29.9 Å². The second kappa shape index (κ2) is 6.43. The first-order valence-corrected chi connectivity index (χ1v) is 5.55. The van der Waals surface area contributed by atoms with Gasteiger partial charge in [0.1, 0.15) is 11.6 Å². The molecule has 0 aliphatic carbocycles. The lowest BCUT2D eigenvalue weighted by atomic mass is 10.3. The Bertz CT molecular complexity index is 419. The third kappa shape index (κ3) is 4.28. The first kappa shape index (κ1) is 13.8. The van der Waals surface area contributed by atoms with Crippen LogP contribution in [0, 0.1) is 0 Å². The quantitative estimate of drug-likeness (QED) is 0.592. The molecule has 1 aromatic heterocycles. The van der Waals surface area contributed by atoms with Gasteiger partial charge in [0, 0.05) is 6.54 Å². The molecule has 7 heteroatoms. The van der Waals surface area contributed by atoms with Gasteiger partial charge >= 0.3 is 0 Å². The average molecular weight is 251 g/mol. The summed E-state index contributed by atoms with van der Waals surface area (Å²) in [5, 5.41) is 3.04. The first-order valence-electron chi connectivity index (χ1n) is 5.55. The van der Waals surface area contributed by atoms with Crippen molar-refractivity contribution in [3.05, 3.63) is 18.2 Å². The number of pyridine rings is 1. The minimum Gasteiger partial charge on any atom is -0.370 e. The molecule has 0 aliphatic heterocycles. The summed E-state index contributed by atoms with van der Waals surface area (Å²) in [6.45, 7) is 2.46. The second-order valence-electron chi connectivity index (χ2n) is 3.70. The van der Waals surface area contributed by atoms with Crippen LogP contribution in [-0.4, -0.2) is 36.4 Å². The van der Waals surface area contributed by atoms with E-state index in [1.165, 1.54) is 4.90 Å². The van der Waals surface area contributed by atoms with Crippen molar-refractivity contribution in [1.29, 1.82) is 0 Å². The van der Waals surface area contributed by atoms with Crippen LogP contribution in [0.2, 0.25) is 0 Å². The fraction of sp³-hybridized carbons (Fsp3) is 0.364. The van der Waals surface area contributed by atoms with Gasteiger partial charge in [0.25, 0.3) is 0 Å². The van der Waals surface area contributed by atoms with E-state index in [-0.39, 0.29) is 13.1 Å². The molecule has 1 heterocycles. The van der Waals surface area contributed by atoms with E-state index in [1.807, 2.05) is 6.92 Å². The maximum atomic E-state index is 11.0. The maximum absolute atomic E-state index is 11.0. The van der Waals surface area contributed by atoms with Crippen LogP contribution in [0.5, 0.6) is 0 Å². The number of hydrogen-bond acceptors (Lipinski definition) is 5. The van der Waals surface area contributed by atoms with Crippen LogP contribution in [-0.2, 0) is 9.59 Å². The Morgan fingerprint density at radius 2 is 1.89 bits per heavy atom. The highest BCUT2D eigenvalue weighted by Gasteiger charge is 2.13. The summed E-state index contributed by atoms with van der Waals surface area (Å²) in [5.41, 5.74) is 10.3. The first-order chi connectivity index (χ1) is 8.52. The molecular weight excluding hydrogens is 234 g/mol. The molecule has 0 saturated heterocycles. The van der Waals surface area contributed by atoms with E-state index in [1.54, 1.807) is 18.2 Å². The van der Waals surface area contributed by atoms with Crippen molar-refractivity contribution in [2.45, 2.75) is 6.92 Å². The van der Waals surface area contributed by atoms with Crippen LogP contribution in [0.1, 0.15) is 6.92 Å². The molecule has 0 radical (unpaired) electrons. The molecule has 1 rings (SSSR count). The molecule has 5 N–H and O–H groups in total. The summed E-state index contributed by atoms with van der Waals surface area (Å²) < 4.78 is 0. The van der Waals surface area contributed by atoms with Gasteiger partial charge in [-0.3, -0.25) is 9.59 Å². The van der Waals surface area contributed by atoms with Gasteiger partial charge in [-0.25, -0.2) is 4.98 Å². The molecule has 0 atom stereocenters. The Labute approximate surface area is 105 Å². The molecule has 1 aromatic rings. The van der Waals surface area contributed by atoms with Crippen LogP contribution >= 0.6 is 0 Å². The smallest absolute Gasteiger partial charge is 0.237 e. The lowest BCUT2D eigenvalue weighted by Gasteiger charge is -2.20. The summed E-state index contributed by atoms with van der Waals surface area (Å²) >= 11 is 0. The largest absolute Gasteiger partial charge is 0.370 e. The highest BCUT2D eigenvalue weighted by Crippen LogP contribution is 2.13. The van der Waals surface area contributed by atoms with Gasteiger partial charge in [0.05, 0.1) is 13.1 Å². The van der Waals surface area contributed by atoms with Gasteiger partial charge in [-0.1, -0.05) is 6.07 Å². The number of anilines is 2. The Balaban J connectivity index is 2.92. The lowest BCUT2D eigenvalue weighted by Crippen LogP contribution is -2.40. The number of aromatic nitrogens is 1. The van der Waals surface area contributed by atoms with Crippen molar-refractivity contribution < 1.29 is 9.59 Å². The normalized spacial score (nSPS) is 9.83. The van der Waals surface area contributed by atoms with E-state index in [0.29, 0.717) is 11.6 Å². The number of amides is 2. The highest BCUT2D eigenvalue weighted by molar-refractivity contribution is 5.84. The summed E-state index contributed by atoms with van der Waals surface area (Å²) in [5.74, 6) is 0.0406. The minimum atomic E-state index is -0.549. The molecule has 98 valence electrons. The van der Waals surface area contributed by atoms with Crippen molar-refractivity contribution >= 4 is 23.5 Å². The molecule has 0 saturated carbocycles. The van der Waals surface area contributed by atoms with Gasteiger partial charge in [-0.05, 0) is 19.1 Å². The van der Waals surface area contributed by atoms with Crippen molar-refractivity contribution in [3.8, 4) is 0 Å². The zero-order chi connectivity index (χ0) is 13.5.